The summed E-state index contributed by atoms with van der Waals surface area (Å²) in [6.07, 6.45) is 3.39. The average molecular weight is 217 g/mol. The van der Waals surface area contributed by atoms with Crippen LogP contribution in [0.25, 0.3) is 0 Å². The maximum Gasteiger partial charge on any atom is 0.335 e. The third-order valence-electron chi connectivity index (χ3n) is 2.21. The molecule has 1 rings (SSSR count). The second-order valence-electron chi connectivity index (χ2n) is 3.08. The van der Waals surface area contributed by atoms with Crippen molar-refractivity contribution in [3.63, 3.8) is 0 Å². The molecule has 1 aliphatic heterocycles. The van der Waals surface area contributed by atoms with E-state index in [2.05, 4.69) is 0 Å². The Morgan fingerprint density at radius 3 is 2.86 bits per heavy atom. The van der Waals surface area contributed by atoms with Crippen molar-refractivity contribution in [2.75, 3.05) is 19.4 Å². The Hall–Kier alpha value is -0.680. The van der Waals surface area contributed by atoms with E-state index < -0.39 is 11.0 Å². The molecule has 0 bridgehead atoms. The number of carbonyl (C=O) groups is 1. The topological polar surface area (TPSA) is 46.6 Å². The van der Waals surface area contributed by atoms with Gasteiger partial charge in [0, 0.05) is 12.8 Å². The lowest BCUT2D eigenvalue weighted by Gasteiger charge is -2.19. The lowest BCUT2D eigenvalue weighted by atomic mass is 10.2. The zero-order valence-corrected chi connectivity index (χ0v) is 9.47. The molecule has 1 aliphatic rings. The summed E-state index contributed by atoms with van der Waals surface area (Å²) >= 11 is 0. The molecule has 0 aromatic heterocycles. The highest BCUT2D eigenvalue weighted by atomic mass is 32.2. The van der Waals surface area contributed by atoms with Crippen molar-refractivity contribution in [3.8, 4) is 0 Å². The monoisotopic (exact) mass is 217 g/mol. The molecular weight excluding hydrogens is 202 g/mol. The molecule has 0 spiro atoms. The van der Waals surface area contributed by atoms with E-state index in [9.17, 15) is 9.00 Å². The van der Waals surface area contributed by atoms with Gasteiger partial charge in [-0.1, -0.05) is 6.08 Å². The molecule has 4 nitrogen and oxygen atoms in total. The van der Waals surface area contributed by atoms with Gasteiger partial charge in [0.15, 0.2) is 0 Å². The summed E-state index contributed by atoms with van der Waals surface area (Å²) in [6.45, 7) is 4.56. The number of esters is 1. The van der Waals surface area contributed by atoms with Crippen LogP contribution < -0.4 is 0 Å². The highest BCUT2D eigenvalue weighted by Crippen LogP contribution is 2.20. The number of hydrogen-bond donors (Lipinski definition) is 0. The number of nitrogens with zero attached hydrogens (tertiary/aromatic N) is 1. The van der Waals surface area contributed by atoms with Crippen LogP contribution in [-0.2, 0) is 20.5 Å². The van der Waals surface area contributed by atoms with E-state index in [4.69, 9.17) is 4.74 Å². The highest BCUT2D eigenvalue weighted by molar-refractivity contribution is 7.81. The first-order valence-electron chi connectivity index (χ1n) is 4.55. The zero-order chi connectivity index (χ0) is 10.7. The SMILES string of the molecule is CCOC(=O)C1=CCN([S@](C)=O)[C@H]1C. The Labute approximate surface area is 86.5 Å². The fraction of sp³-hybridized carbons (Fsp3) is 0.667. The maximum absolute atomic E-state index is 11.4. The predicted octanol–water partition coefficient (Wildman–Crippen LogP) is 0.474. The molecule has 0 aromatic carbocycles. The van der Waals surface area contributed by atoms with Crippen LogP contribution in [0.4, 0.5) is 0 Å². The van der Waals surface area contributed by atoms with Gasteiger partial charge >= 0.3 is 5.97 Å². The largest absolute Gasteiger partial charge is 0.463 e. The lowest BCUT2D eigenvalue weighted by Crippen LogP contribution is -2.32. The van der Waals surface area contributed by atoms with E-state index in [1.165, 1.54) is 0 Å². The van der Waals surface area contributed by atoms with Crippen LogP contribution in [-0.4, -0.2) is 39.9 Å². The molecule has 0 saturated carbocycles. The summed E-state index contributed by atoms with van der Waals surface area (Å²) < 4.78 is 17.9. The third kappa shape index (κ3) is 2.22. The van der Waals surface area contributed by atoms with Crippen LogP contribution in [0.15, 0.2) is 11.6 Å². The fourth-order valence-electron chi connectivity index (χ4n) is 1.47. The molecule has 0 fully saturated rings. The van der Waals surface area contributed by atoms with E-state index in [0.29, 0.717) is 18.7 Å². The van der Waals surface area contributed by atoms with Crippen LogP contribution in [0.2, 0.25) is 0 Å². The van der Waals surface area contributed by atoms with E-state index in [1.54, 1.807) is 23.6 Å². The molecule has 0 unspecified atom stereocenters. The molecule has 5 heteroatoms. The highest BCUT2D eigenvalue weighted by Gasteiger charge is 2.30. The molecular formula is C9H15NO3S. The van der Waals surface area contributed by atoms with Crippen LogP contribution in [0.5, 0.6) is 0 Å². The molecule has 1 heterocycles. The van der Waals surface area contributed by atoms with Crippen LogP contribution >= 0.6 is 0 Å². The minimum absolute atomic E-state index is 0.111. The summed E-state index contributed by atoms with van der Waals surface area (Å²) in [6, 6.07) is -0.111. The van der Waals surface area contributed by atoms with Crippen molar-refractivity contribution < 1.29 is 13.7 Å². The molecule has 0 aromatic rings. The molecule has 2 atom stereocenters. The van der Waals surface area contributed by atoms with Gasteiger partial charge < -0.3 is 4.74 Å². The van der Waals surface area contributed by atoms with Crippen LogP contribution in [0, 0.1) is 0 Å². The van der Waals surface area contributed by atoms with E-state index in [0.717, 1.165) is 0 Å². The number of rotatable bonds is 3. The van der Waals surface area contributed by atoms with E-state index in [-0.39, 0.29) is 12.0 Å². The Kier molecular flexibility index (Phi) is 3.83. The molecule has 14 heavy (non-hydrogen) atoms. The van der Waals surface area contributed by atoms with Crippen molar-refractivity contribution >= 4 is 17.0 Å². The predicted molar refractivity (Wildman–Crippen MR) is 55.0 cm³/mol. The molecule has 80 valence electrons. The fourth-order valence-corrected chi connectivity index (χ4v) is 2.31. The number of ether oxygens (including phenoxy) is 1. The van der Waals surface area contributed by atoms with Crippen molar-refractivity contribution in [2.45, 2.75) is 19.9 Å². The zero-order valence-electron chi connectivity index (χ0n) is 8.65. The molecule has 0 radical (unpaired) electrons. The first-order valence-corrected chi connectivity index (χ1v) is 6.06. The smallest absolute Gasteiger partial charge is 0.335 e. The second-order valence-corrected chi connectivity index (χ2v) is 4.40. The summed E-state index contributed by atoms with van der Waals surface area (Å²) in [7, 11) is -1.04. The van der Waals surface area contributed by atoms with Gasteiger partial charge in [-0.05, 0) is 13.8 Å². The van der Waals surface area contributed by atoms with Gasteiger partial charge in [-0.2, -0.15) is 0 Å². The summed E-state index contributed by atoms with van der Waals surface area (Å²) in [5.41, 5.74) is 0.613. The quantitative estimate of drug-likeness (QED) is 0.646. The third-order valence-corrected chi connectivity index (χ3v) is 3.34. The maximum atomic E-state index is 11.4. The number of hydrogen-bond acceptors (Lipinski definition) is 3. The summed E-state index contributed by atoms with van der Waals surface area (Å²) in [5, 5.41) is 0. The number of carbonyl (C=O) groups excluding carboxylic acids is 1. The van der Waals surface area contributed by atoms with Crippen LogP contribution in [0.1, 0.15) is 13.8 Å². The van der Waals surface area contributed by atoms with Gasteiger partial charge in [-0.15, -0.1) is 0 Å². The minimum Gasteiger partial charge on any atom is -0.463 e. The normalized spacial score (nSPS) is 24.5. The van der Waals surface area contributed by atoms with Gasteiger partial charge in [-0.3, -0.25) is 0 Å². The van der Waals surface area contributed by atoms with E-state index >= 15 is 0 Å². The first-order chi connectivity index (χ1) is 6.57. The van der Waals surface area contributed by atoms with Gasteiger partial charge in [0.1, 0.15) is 0 Å². The van der Waals surface area contributed by atoms with Crippen molar-refractivity contribution in [1.82, 2.24) is 4.31 Å². The Bertz CT molecular complexity index is 288. The average Bonchev–Trinajstić information content (AvgIpc) is 2.47. The van der Waals surface area contributed by atoms with Crippen LogP contribution in [0.3, 0.4) is 0 Å². The molecule has 0 N–H and O–H groups in total. The Morgan fingerprint density at radius 2 is 2.43 bits per heavy atom. The summed E-state index contributed by atoms with van der Waals surface area (Å²) in [5.74, 6) is -0.298. The first kappa shape index (κ1) is 11.4. The van der Waals surface area contributed by atoms with Gasteiger partial charge in [0.05, 0.1) is 29.2 Å². The van der Waals surface area contributed by atoms with E-state index in [1.807, 2.05) is 6.92 Å². The lowest BCUT2D eigenvalue weighted by molar-refractivity contribution is -0.138. The van der Waals surface area contributed by atoms with Crippen molar-refractivity contribution in [1.29, 1.82) is 0 Å². The molecule has 0 amide bonds. The Balaban J connectivity index is 2.67. The molecule has 0 saturated heterocycles. The Morgan fingerprint density at radius 1 is 1.79 bits per heavy atom. The minimum atomic E-state index is -1.04. The van der Waals surface area contributed by atoms with Gasteiger partial charge in [0.25, 0.3) is 0 Å². The molecule has 0 aliphatic carbocycles. The van der Waals surface area contributed by atoms with Gasteiger partial charge in [0.2, 0.25) is 0 Å². The standard InChI is InChI=1S/C9H15NO3S/c1-4-13-9(11)8-5-6-10(7(8)2)14(3)12/h5,7H,4,6H2,1-3H3/t7-,14-/m0/s1. The van der Waals surface area contributed by atoms with Crippen molar-refractivity contribution in [2.24, 2.45) is 0 Å². The van der Waals surface area contributed by atoms with Crippen molar-refractivity contribution in [3.05, 3.63) is 11.6 Å². The summed E-state index contributed by atoms with van der Waals surface area (Å²) in [4.78, 5) is 11.4. The second kappa shape index (κ2) is 4.70. The van der Waals surface area contributed by atoms with Gasteiger partial charge in [-0.25, -0.2) is 13.3 Å².